The van der Waals surface area contributed by atoms with Gasteiger partial charge in [-0.1, -0.05) is 0 Å². The molecule has 1 aliphatic heterocycles. The fourth-order valence-electron chi connectivity index (χ4n) is 1.06. The Morgan fingerprint density at radius 1 is 1.38 bits per heavy atom. The van der Waals surface area contributed by atoms with Crippen molar-refractivity contribution in [2.75, 3.05) is 5.32 Å². The topological polar surface area (TPSA) is 58.5 Å². The van der Waals surface area contributed by atoms with E-state index < -0.39 is 15.8 Å². The van der Waals surface area contributed by atoms with Crippen LogP contribution < -0.4 is 5.32 Å². The van der Waals surface area contributed by atoms with Crippen LogP contribution in [0, 0.1) is 5.82 Å². The second-order valence-corrected chi connectivity index (χ2v) is 4.10. The average Bonchev–Trinajstić information content (AvgIpc) is 2.02. The van der Waals surface area contributed by atoms with Gasteiger partial charge in [0.25, 0.3) is 10.0 Å². The van der Waals surface area contributed by atoms with Gasteiger partial charge in [0.2, 0.25) is 0 Å². The van der Waals surface area contributed by atoms with Crippen LogP contribution in [0.15, 0.2) is 27.5 Å². The van der Waals surface area contributed by atoms with Crippen LogP contribution in [-0.4, -0.2) is 14.8 Å². The number of fused-ring (bicyclic) bond motifs is 1. The number of anilines is 1. The van der Waals surface area contributed by atoms with Crippen LogP contribution in [0.25, 0.3) is 0 Å². The van der Waals surface area contributed by atoms with Crippen LogP contribution in [0.5, 0.6) is 0 Å². The molecule has 0 aliphatic carbocycles. The van der Waals surface area contributed by atoms with E-state index >= 15 is 0 Å². The molecule has 1 aliphatic rings. The van der Waals surface area contributed by atoms with E-state index in [9.17, 15) is 12.8 Å². The van der Waals surface area contributed by atoms with E-state index in [-0.39, 0.29) is 10.6 Å². The van der Waals surface area contributed by atoms with E-state index in [1.54, 1.807) is 0 Å². The summed E-state index contributed by atoms with van der Waals surface area (Å²) in [5, 5.41) is 2.55. The Kier molecular flexibility index (Phi) is 1.59. The molecule has 1 aromatic rings. The van der Waals surface area contributed by atoms with Gasteiger partial charge in [0.1, 0.15) is 17.1 Å². The zero-order valence-electron chi connectivity index (χ0n) is 6.36. The Balaban J connectivity index is 2.72. The maximum absolute atomic E-state index is 12.7. The molecular formula is C7H5FN2O2S. The first kappa shape index (κ1) is 8.18. The summed E-state index contributed by atoms with van der Waals surface area (Å²) in [5.74, 6) is -0.489. The molecule has 0 saturated carbocycles. The normalized spacial score (nSPS) is 17.6. The molecule has 1 heterocycles. The first-order valence-corrected chi connectivity index (χ1v) is 4.88. The third-order valence-electron chi connectivity index (χ3n) is 1.63. The molecule has 0 aromatic heterocycles. The largest absolute Gasteiger partial charge is 0.344 e. The molecule has 13 heavy (non-hydrogen) atoms. The lowest BCUT2D eigenvalue weighted by Gasteiger charge is -2.11. The first-order valence-electron chi connectivity index (χ1n) is 3.44. The molecule has 0 spiro atoms. The van der Waals surface area contributed by atoms with Gasteiger partial charge in [-0.15, -0.1) is 4.40 Å². The van der Waals surface area contributed by atoms with E-state index in [0.717, 1.165) is 18.5 Å². The zero-order valence-corrected chi connectivity index (χ0v) is 7.18. The molecule has 6 heteroatoms. The van der Waals surface area contributed by atoms with Crippen molar-refractivity contribution in [1.29, 1.82) is 0 Å². The maximum atomic E-state index is 12.7. The average molecular weight is 200 g/mol. The number of benzene rings is 1. The maximum Gasteiger partial charge on any atom is 0.285 e. The minimum absolute atomic E-state index is 0.00333. The molecule has 0 atom stereocenters. The lowest BCUT2D eigenvalue weighted by molar-refractivity contribution is 0.596. The zero-order chi connectivity index (χ0) is 9.47. The van der Waals surface area contributed by atoms with Gasteiger partial charge < -0.3 is 5.32 Å². The van der Waals surface area contributed by atoms with Gasteiger partial charge in [0, 0.05) is 0 Å². The molecule has 0 unspecified atom stereocenters. The fourth-order valence-corrected chi connectivity index (χ4v) is 2.00. The van der Waals surface area contributed by atoms with E-state index in [1.807, 2.05) is 0 Å². The molecule has 2 rings (SSSR count). The fraction of sp³-hybridized carbons (Fsp3) is 0. The predicted octanol–water partition coefficient (Wildman–Crippen LogP) is 0.968. The smallest absolute Gasteiger partial charge is 0.285 e. The van der Waals surface area contributed by atoms with E-state index in [0.29, 0.717) is 0 Å². The summed E-state index contributed by atoms with van der Waals surface area (Å²) in [7, 11) is -3.62. The van der Waals surface area contributed by atoms with Crippen molar-refractivity contribution in [3.63, 3.8) is 0 Å². The number of nitrogens with zero attached hydrogens (tertiary/aromatic N) is 1. The quantitative estimate of drug-likeness (QED) is 0.678. The van der Waals surface area contributed by atoms with Gasteiger partial charge in [-0.25, -0.2) is 4.39 Å². The third kappa shape index (κ3) is 1.29. The Hall–Kier alpha value is -1.43. The highest BCUT2D eigenvalue weighted by Crippen LogP contribution is 2.25. The molecular weight excluding hydrogens is 195 g/mol. The van der Waals surface area contributed by atoms with E-state index in [1.165, 1.54) is 6.07 Å². The van der Waals surface area contributed by atoms with Gasteiger partial charge in [-0.05, 0) is 18.2 Å². The SMILES string of the molecule is O=S1(=O)N=CNc2cc(F)ccc21. The van der Waals surface area contributed by atoms with Crippen molar-refractivity contribution >= 4 is 22.0 Å². The Bertz CT molecular complexity index is 481. The monoisotopic (exact) mass is 200 g/mol. The van der Waals surface area contributed by atoms with Gasteiger partial charge in [-0.3, -0.25) is 0 Å². The molecule has 1 N–H and O–H groups in total. The number of hydrogen-bond acceptors (Lipinski definition) is 3. The molecule has 4 nitrogen and oxygen atoms in total. The highest BCUT2D eigenvalue weighted by molar-refractivity contribution is 7.90. The Morgan fingerprint density at radius 3 is 2.92 bits per heavy atom. The van der Waals surface area contributed by atoms with Crippen LogP contribution >= 0.6 is 0 Å². The molecule has 1 aromatic carbocycles. The van der Waals surface area contributed by atoms with Crippen LogP contribution in [0.1, 0.15) is 0 Å². The van der Waals surface area contributed by atoms with Crippen LogP contribution in [0.3, 0.4) is 0 Å². The minimum atomic E-state index is -3.62. The summed E-state index contributed by atoms with van der Waals surface area (Å²) in [6, 6.07) is 3.38. The Labute approximate surface area is 74.2 Å². The number of sulfonamides is 1. The highest BCUT2D eigenvalue weighted by Gasteiger charge is 2.20. The summed E-state index contributed by atoms with van der Waals surface area (Å²) in [6.45, 7) is 0. The summed E-state index contributed by atoms with van der Waals surface area (Å²) in [6.07, 6.45) is 1.02. The molecule has 0 saturated heterocycles. The Morgan fingerprint density at radius 2 is 2.15 bits per heavy atom. The number of rotatable bonds is 0. The molecule has 0 fully saturated rings. The lowest BCUT2D eigenvalue weighted by Crippen LogP contribution is -2.11. The van der Waals surface area contributed by atoms with Crippen molar-refractivity contribution in [3.8, 4) is 0 Å². The van der Waals surface area contributed by atoms with Crippen molar-refractivity contribution < 1.29 is 12.8 Å². The number of hydrogen-bond donors (Lipinski definition) is 1. The summed E-state index contributed by atoms with van der Waals surface area (Å²) in [4.78, 5) is -0.00333. The second kappa shape index (κ2) is 2.53. The van der Waals surface area contributed by atoms with Gasteiger partial charge in [0.05, 0.1) is 5.69 Å². The number of nitrogens with one attached hydrogen (secondary N) is 1. The van der Waals surface area contributed by atoms with Gasteiger partial charge in [-0.2, -0.15) is 8.42 Å². The minimum Gasteiger partial charge on any atom is -0.344 e. The van der Waals surface area contributed by atoms with Crippen molar-refractivity contribution in [1.82, 2.24) is 0 Å². The van der Waals surface area contributed by atoms with Crippen LogP contribution in [0.4, 0.5) is 10.1 Å². The predicted molar refractivity (Wildman–Crippen MR) is 45.7 cm³/mol. The van der Waals surface area contributed by atoms with Gasteiger partial charge in [0.15, 0.2) is 0 Å². The standard InChI is InChI=1S/C7H5FN2O2S/c8-5-1-2-7-6(3-5)9-4-10-13(7,11)12/h1-4H,(H,9,10). The summed E-state index contributed by atoms with van der Waals surface area (Å²) >= 11 is 0. The molecule has 0 bridgehead atoms. The van der Waals surface area contributed by atoms with Crippen LogP contribution in [-0.2, 0) is 10.0 Å². The molecule has 0 radical (unpaired) electrons. The van der Waals surface area contributed by atoms with E-state index in [4.69, 9.17) is 0 Å². The summed E-state index contributed by atoms with van der Waals surface area (Å²) in [5.41, 5.74) is 0.218. The van der Waals surface area contributed by atoms with Crippen LogP contribution in [0.2, 0.25) is 0 Å². The highest BCUT2D eigenvalue weighted by atomic mass is 32.2. The van der Waals surface area contributed by atoms with Crippen molar-refractivity contribution in [2.45, 2.75) is 4.90 Å². The van der Waals surface area contributed by atoms with Gasteiger partial charge >= 0.3 is 0 Å². The van der Waals surface area contributed by atoms with Crippen molar-refractivity contribution in [2.24, 2.45) is 4.40 Å². The molecule has 68 valence electrons. The lowest BCUT2D eigenvalue weighted by atomic mass is 10.3. The third-order valence-corrected chi connectivity index (χ3v) is 2.93. The first-order chi connectivity index (χ1) is 6.09. The van der Waals surface area contributed by atoms with E-state index in [2.05, 4.69) is 9.71 Å². The summed E-state index contributed by atoms with van der Waals surface area (Å²) < 4.78 is 38.4. The molecule has 0 amide bonds. The van der Waals surface area contributed by atoms with Crippen molar-refractivity contribution in [3.05, 3.63) is 24.0 Å². The number of halogens is 1. The second-order valence-electron chi connectivity index (χ2n) is 2.49.